The molecule has 0 radical (unpaired) electrons. The summed E-state index contributed by atoms with van der Waals surface area (Å²) in [5, 5.41) is 3.06. The smallest absolute Gasteiger partial charge is 0.227 e. The first-order valence-corrected chi connectivity index (χ1v) is 8.93. The summed E-state index contributed by atoms with van der Waals surface area (Å²) in [5.74, 6) is 0.0785. The molecule has 122 valence electrons. The fourth-order valence-electron chi connectivity index (χ4n) is 3.35. The van der Waals surface area contributed by atoms with Crippen molar-refractivity contribution in [1.82, 2.24) is 9.38 Å². The van der Waals surface area contributed by atoms with Crippen LogP contribution < -0.4 is 5.32 Å². The average Bonchev–Trinajstić information content (AvgIpc) is 2.96. The van der Waals surface area contributed by atoms with Crippen LogP contribution in [0.5, 0.6) is 0 Å². The van der Waals surface area contributed by atoms with E-state index < -0.39 is 0 Å². The molecule has 0 saturated heterocycles. The zero-order valence-electron chi connectivity index (χ0n) is 13.4. The number of hydrogen-bond acceptors (Lipinski definition) is 2. The highest BCUT2D eigenvalue weighted by Gasteiger charge is 2.28. The number of imidazole rings is 1. The molecule has 0 fully saturated rings. The maximum absolute atomic E-state index is 12.7. The van der Waals surface area contributed by atoms with Crippen LogP contribution in [-0.2, 0) is 17.6 Å². The Hall–Kier alpha value is -2.14. The van der Waals surface area contributed by atoms with Gasteiger partial charge in [0.1, 0.15) is 5.65 Å². The molecule has 5 heteroatoms. The Labute approximate surface area is 149 Å². The van der Waals surface area contributed by atoms with Crippen molar-refractivity contribution in [2.75, 3.05) is 5.32 Å². The van der Waals surface area contributed by atoms with Gasteiger partial charge in [0.2, 0.25) is 5.91 Å². The molecular weight excluding hydrogens is 366 g/mol. The standard InChI is InChI=1S/C19H18BrN3O/c1-12-10-14(6-7-15(12)20)21-19(24)13-5-8-16-17(11-13)23-9-3-2-4-18(23)22-16/h2-4,6-7,9-10,13H,5,8,11H2,1H3,(H,21,24). The van der Waals surface area contributed by atoms with E-state index in [4.69, 9.17) is 0 Å². The van der Waals surface area contributed by atoms with Gasteiger partial charge < -0.3 is 9.72 Å². The van der Waals surface area contributed by atoms with E-state index in [-0.39, 0.29) is 11.8 Å². The minimum absolute atomic E-state index is 0.0124. The minimum atomic E-state index is -0.0124. The Morgan fingerprint density at radius 2 is 2.21 bits per heavy atom. The molecule has 0 bridgehead atoms. The summed E-state index contributed by atoms with van der Waals surface area (Å²) in [6.45, 7) is 2.02. The van der Waals surface area contributed by atoms with Gasteiger partial charge in [-0.3, -0.25) is 4.79 Å². The third-order valence-electron chi connectivity index (χ3n) is 4.68. The summed E-state index contributed by atoms with van der Waals surface area (Å²) in [6.07, 6.45) is 4.47. The first-order valence-electron chi connectivity index (χ1n) is 8.13. The van der Waals surface area contributed by atoms with Crippen molar-refractivity contribution in [2.45, 2.75) is 26.2 Å². The Morgan fingerprint density at radius 1 is 1.33 bits per heavy atom. The van der Waals surface area contributed by atoms with E-state index in [2.05, 4.69) is 30.6 Å². The maximum atomic E-state index is 12.7. The number of nitrogens with zero attached hydrogens (tertiary/aromatic N) is 2. The number of fused-ring (bicyclic) bond motifs is 3. The number of aryl methyl sites for hydroxylation is 2. The third-order valence-corrected chi connectivity index (χ3v) is 5.57. The van der Waals surface area contributed by atoms with E-state index in [0.717, 1.165) is 46.3 Å². The summed E-state index contributed by atoms with van der Waals surface area (Å²) >= 11 is 3.49. The molecule has 1 atom stereocenters. The van der Waals surface area contributed by atoms with Gasteiger partial charge in [0.25, 0.3) is 0 Å². The first kappa shape index (κ1) is 15.4. The molecule has 2 heterocycles. The van der Waals surface area contributed by atoms with Crippen molar-refractivity contribution >= 4 is 33.2 Å². The fraction of sp³-hybridized carbons (Fsp3) is 0.263. The van der Waals surface area contributed by atoms with Gasteiger partial charge in [0, 0.05) is 34.4 Å². The number of nitrogens with one attached hydrogen (secondary N) is 1. The highest BCUT2D eigenvalue weighted by molar-refractivity contribution is 9.10. The summed E-state index contributed by atoms with van der Waals surface area (Å²) in [7, 11) is 0. The maximum Gasteiger partial charge on any atom is 0.227 e. The number of hydrogen-bond donors (Lipinski definition) is 1. The zero-order valence-corrected chi connectivity index (χ0v) is 15.0. The lowest BCUT2D eigenvalue weighted by molar-refractivity contribution is -0.120. The van der Waals surface area contributed by atoms with Gasteiger partial charge in [-0.05, 0) is 55.7 Å². The Balaban J connectivity index is 1.55. The Kier molecular flexibility index (Phi) is 3.88. The molecule has 1 unspecified atom stereocenters. The van der Waals surface area contributed by atoms with Gasteiger partial charge in [-0.2, -0.15) is 0 Å². The van der Waals surface area contributed by atoms with Gasteiger partial charge in [0.05, 0.1) is 5.69 Å². The van der Waals surface area contributed by atoms with Crippen LogP contribution in [0.15, 0.2) is 47.1 Å². The van der Waals surface area contributed by atoms with Crippen LogP contribution in [-0.4, -0.2) is 15.3 Å². The zero-order chi connectivity index (χ0) is 16.7. The number of rotatable bonds is 2. The number of pyridine rings is 1. The summed E-state index contributed by atoms with van der Waals surface area (Å²) in [6, 6.07) is 11.9. The molecule has 1 aromatic carbocycles. The van der Waals surface area contributed by atoms with Gasteiger partial charge >= 0.3 is 0 Å². The van der Waals surface area contributed by atoms with Gasteiger partial charge in [-0.15, -0.1) is 0 Å². The summed E-state index contributed by atoms with van der Waals surface area (Å²) in [5.41, 5.74) is 5.23. The molecule has 3 aromatic rings. The number of halogens is 1. The highest BCUT2D eigenvalue weighted by atomic mass is 79.9. The van der Waals surface area contributed by atoms with E-state index in [1.807, 2.05) is 49.5 Å². The number of amides is 1. The molecule has 0 saturated carbocycles. The van der Waals surface area contributed by atoms with E-state index in [1.165, 1.54) is 5.69 Å². The van der Waals surface area contributed by atoms with Crippen molar-refractivity contribution in [3.63, 3.8) is 0 Å². The molecule has 1 aliphatic carbocycles. The average molecular weight is 384 g/mol. The molecule has 1 amide bonds. The molecule has 4 rings (SSSR count). The van der Waals surface area contributed by atoms with Crippen LogP contribution in [0.2, 0.25) is 0 Å². The largest absolute Gasteiger partial charge is 0.326 e. The normalized spacial score (nSPS) is 16.8. The van der Waals surface area contributed by atoms with Crippen LogP contribution in [0.1, 0.15) is 23.4 Å². The van der Waals surface area contributed by atoms with Crippen molar-refractivity contribution in [1.29, 1.82) is 0 Å². The van der Waals surface area contributed by atoms with Crippen LogP contribution in [0, 0.1) is 12.8 Å². The summed E-state index contributed by atoms with van der Waals surface area (Å²) < 4.78 is 3.16. The Bertz CT molecular complexity index is 932. The van der Waals surface area contributed by atoms with Crippen molar-refractivity contribution in [2.24, 2.45) is 5.92 Å². The molecule has 4 nitrogen and oxygen atoms in total. The van der Waals surface area contributed by atoms with Gasteiger partial charge in [-0.1, -0.05) is 22.0 Å². The Morgan fingerprint density at radius 3 is 3.04 bits per heavy atom. The molecule has 24 heavy (non-hydrogen) atoms. The van der Waals surface area contributed by atoms with Gasteiger partial charge in [0.15, 0.2) is 0 Å². The lowest BCUT2D eigenvalue weighted by atomic mass is 9.89. The van der Waals surface area contributed by atoms with Crippen LogP contribution in [0.3, 0.4) is 0 Å². The second-order valence-corrected chi connectivity index (χ2v) is 7.18. The summed E-state index contributed by atoms with van der Waals surface area (Å²) in [4.78, 5) is 17.4. The molecule has 1 aliphatic rings. The van der Waals surface area contributed by atoms with Gasteiger partial charge in [-0.25, -0.2) is 4.98 Å². The monoisotopic (exact) mass is 383 g/mol. The molecule has 0 aliphatic heterocycles. The highest BCUT2D eigenvalue weighted by Crippen LogP contribution is 2.28. The first-order chi connectivity index (χ1) is 11.6. The van der Waals surface area contributed by atoms with E-state index in [0.29, 0.717) is 0 Å². The number of anilines is 1. The van der Waals surface area contributed by atoms with Crippen LogP contribution >= 0.6 is 15.9 Å². The molecule has 1 N–H and O–H groups in total. The van der Waals surface area contributed by atoms with Crippen molar-refractivity contribution in [3.8, 4) is 0 Å². The lowest BCUT2D eigenvalue weighted by Gasteiger charge is -2.21. The lowest BCUT2D eigenvalue weighted by Crippen LogP contribution is -2.28. The second-order valence-electron chi connectivity index (χ2n) is 6.33. The fourth-order valence-corrected chi connectivity index (χ4v) is 3.60. The topological polar surface area (TPSA) is 46.4 Å². The predicted molar refractivity (Wildman–Crippen MR) is 98.2 cm³/mol. The SMILES string of the molecule is Cc1cc(NC(=O)C2CCc3nc4ccccn4c3C2)ccc1Br. The number of carbonyl (C=O) groups excluding carboxylic acids is 1. The van der Waals surface area contributed by atoms with E-state index in [1.54, 1.807) is 0 Å². The van der Waals surface area contributed by atoms with Crippen LogP contribution in [0.4, 0.5) is 5.69 Å². The molecule has 2 aromatic heterocycles. The molecule has 0 spiro atoms. The van der Waals surface area contributed by atoms with Crippen molar-refractivity contribution < 1.29 is 4.79 Å². The number of carbonyl (C=O) groups is 1. The van der Waals surface area contributed by atoms with Crippen LogP contribution in [0.25, 0.3) is 5.65 Å². The number of aromatic nitrogens is 2. The van der Waals surface area contributed by atoms with E-state index in [9.17, 15) is 4.79 Å². The molecular formula is C19H18BrN3O. The second kappa shape index (κ2) is 6.06. The number of benzene rings is 1. The minimum Gasteiger partial charge on any atom is -0.326 e. The van der Waals surface area contributed by atoms with E-state index >= 15 is 0 Å². The van der Waals surface area contributed by atoms with Crippen molar-refractivity contribution in [3.05, 3.63) is 64.0 Å². The predicted octanol–water partition coefficient (Wildman–Crippen LogP) is 4.15. The third kappa shape index (κ3) is 2.73. The quantitative estimate of drug-likeness (QED) is 0.722.